The monoisotopic (exact) mass is 354 g/mol. The van der Waals surface area contributed by atoms with Gasteiger partial charge in [-0.3, -0.25) is 14.8 Å². The Morgan fingerprint density at radius 3 is 2.88 bits per heavy atom. The van der Waals surface area contributed by atoms with Gasteiger partial charge in [0.15, 0.2) is 0 Å². The molecule has 0 unspecified atom stereocenters. The van der Waals surface area contributed by atoms with Gasteiger partial charge in [0.05, 0.1) is 18.9 Å². The summed E-state index contributed by atoms with van der Waals surface area (Å²) in [6.45, 7) is 4.93. The number of aromatic nitrogens is 2. The number of morpholine rings is 1. The Morgan fingerprint density at radius 2 is 2.00 bits per heavy atom. The van der Waals surface area contributed by atoms with Gasteiger partial charge in [0, 0.05) is 48.6 Å². The number of H-pyrrole nitrogens is 1. The van der Waals surface area contributed by atoms with Crippen LogP contribution in [0.2, 0.25) is 0 Å². The van der Waals surface area contributed by atoms with Crippen molar-refractivity contribution in [1.82, 2.24) is 20.4 Å². The number of amides is 1. The molecule has 0 radical (unpaired) electrons. The Balaban J connectivity index is 1.47. The molecule has 0 bridgehead atoms. The SMILES string of the molecule is O=C(NCCN1CCOCC1)c1ccccc1-c1n[nH]c2c1CCCC2. The molecule has 1 amide bonds. The molecule has 138 valence electrons. The van der Waals surface area contributed by atoms with E-state index in [9.17, 15) is 4.79 Å². The molecule has 26 heavy (non-hydrogen) atoms. The zero-order valence-corrected chi connectivity index (χ0v) is 15.1. The van der Waals surface area contributed by atoms with Gasteiger partial charge in [0.1, 0.15) is 0 Å². The maximum atomic E-state index is 12.8. The fraction of sp³-hybridized carbons (Fsp3) is 0.500. The second-order valence-corrected chi connectivity index (χ2v) is 6.99. The molecule has 6 nitrogen and oxygen atoms in total. The van der Waals surface area contributed by atoms with Crippen LogP contribution in [0.25, 0.3) is 11.3 Å². The molecule has 2 N–H and O–H groups in total. The Hall–Kier alpha value is -2.18. The van der Waals surface area contributed by atoms with Gasteiger partial charge in [-0.15, -0.1) is 0 Å². The predicted octanol–water partition coefficient (Wildman–Crippen LogP) is 2.02. The fourth-order valence-corrected chi connectivity index (χ4v) is 3.84. The summed E-state index contributed by atoms with van der Waals surface area (Å²) in [6, 6.07) is 7.79. The van der Waals surface area contributed by atoms with Gasteiger partial charge in [-0.1, -0.05) is 18.2 Å². The topological polar surface area (TPSA) is 70.2 Å². The molecular weight excluding hydrogens is 328 g/mol. The average Bonchev–Trinajstić information content (AvgIpc) is 3.13. The van der Waals surface area contributed by atoms with Crippen LogP contribution >= 0.6 is 0 Å². The van der Waals surface area contributed by atoms with Crippen LogP contribution in [0.1, 0.15) is 34.5 Å². The molecule has 1 aromatic heterocycles. The Morgan fingerprint density at radius 1 is 1.19 bits per heavy atom. The predicted molar refractivity (Wildman–Crippen MR) is 100 cm³/mol. The lowest BCUT2D eigenvalue weighted by Gasteiger charge is -2.26. The van der Waals surface area contributed by atoms with E-state index in [1.807, 2.05) is 24.3 Å². The van der Waals surface area contributed by atoms with Gasteiger partial charge >= 0.3 is 0 Å². The van der Waals surface area contributed by atoms with Crippen molar-refractivity contribution in [2.75, 3.05) is 39.4 Å². The Bertz CT molecular complexity index is 765. The molecule has 2 aromatic rings. The highest BCUT2D eigenvalue weighted by molar-refractivity contribution is 6.00. The highest BCUT2D eigenvalue weighted by atomic mass is 16.5. The lowest BCUT2D eigenvalue weighted by atomic mass is 9.92. The number of benzene rings is 1. The number of nitrogens with one attached hydrogen (secondary N) is 2. The summed E-state index contributed by atoms with van der Waals surface area (Å²) in [5.41, 5.74) is 5.09. The van der Waals surface area contributed by atoms with E-state index < -0.39 is 0 Å². The number of rotatable bonds is 5. The third-order valence-corrected chi connectivity index (χ3v) is 5.30. The smallest absolute Gasteiger partial charge is 0.252 e. The third kappa shape index (κ3) is 3.66. The van der Waals surface area contributed by atoms with E-state index in [4.69, 9.17) is 4.74 Å². The van der Waals surface area contributed by atoms with Crippen LogP contribution in [-0.4, -0.2) is 60.4 Å². The normalized spacial score (nSPS) is 17.7. The van der Waals surface area contributed by atoms with Crippen LogP contribution in [0, 0.1) is 0 Å². The van der Waals surface area contributed by atoms with Gasteiger partial charge in [-0.05, 0) is 31.7 Å². The number of carbonyl (C=O) groups excluding carboxylic acids is 1. The fourth-order valence-electron chi connectivity index (χ4n) is 3.84. The molecule has 1 fully saturated rings. The first-order valence-electron chi connectivity index (χ1n) is 9.57. The molecular formula is C20H26N4O2. The zero-order chi connectivity index (χ0) is 17.8. The first-order valence-corrected chi connectivity index (χ1v) is 9.57. The van der Waals surface area contributed by atoms with Gasteiger partial charge in [-0.25, -0.2) is 0 Å². The van der Waals surface area contributed by atoms with E-state index in [1.165, 1.54) is 24.1 Å². The van der Waals surface area contributed by atoms with Gasteiger partial charge in [0.25, 0.3) is 5.91 Å². The lowest BCUT2D eigenvalue weighted by molar-refractivity contribution is 0.0383. The van der Waals surface area contributed by atoms with Crippen molar-refractivity contribution in [1.29, 1.82) is 0 Å². The summed E-state index contributed by atoms with van der Waals surface area (Å²) >= 11 is 0. The van der Waals surface area contributed by atoms with E-state index in [1.54, 1.807) is 0 Å². The van der Waals surface area contributed by atoms with Crippen molar-refractivity contribution in [2.45, 2.75) is 25.7 Å². The van der Waals surface area contributed by atoms with Crippen molar-refractivity contribution in [3.63, 3.8) is 0 Å². The summed E-state index contributed by atoms with van der Waals surface area (Å²) in [4.78, 5) is 15.1. The molecule has 1 aliphatic heterocycles. The minimum atomic E-state index is -0.0265. The first-order chi connectivity index (χ1) is 12.8. The average molecular weight is 354 g/mol. The number of aryl methyl sites for hydroxylation is 1. The number of nitrogens with zero attached hydrogens (tertiary/aromatic N) is 2. The second-order valence-electron chi connectivity index (χ2n) is 6.99. The molecule has 0 saturated carbocycles. The van der Waals surface area contributed by atoms with Crippen LogP contribution in [-0.2, 0) is 17.6 Å². The summed E-state index contributed by atoms with van der Waals surface area (Å²) in [7, 11) is 0. The number of fused-ring (bicyclic) bond motifs is 1. The highest BCUT2D eigenvalue weighted by Crippen LogP contribution is 2.31. The minimum absolute atomic E-state index is 0.0265. The molecule has 0 atom stereocenters. The van der Waals surface area contributed by atoms with Gasteiger partial charge in [-0.2, -0.15) is 5.10 Å². The quantitative estimate of drug-likeness (QED) is 0.862. The summed E-state index contributed by atoms with van der Waals surface area (Å²) in [5, 5.41) is 10.8. The maximum absolute atomic E-state index is 12.8. The van der Waals surface area contributed by atoms with E-state index in [0.717, 1.165) is 56.9 Å². The van der Waals surface area contributed by atoms with Gasteiger partial charge < -0.3 is 10.1 Å². The van der Waals surface area contributed by atoms with Crippen LogP contribution < -0.4 is 5.32 Å². The van der Waals surface area contributed by atoms with Crippen LogP contribution in [0.3, 0.4) is 0 Å². The zero-order valence-electron chi connectivity index (χ0n) is 15.1. The van der Waals surface area contributed by atoms with Crippen molar-refractivity contribution in [3.05, 3.63) is 41.1 Å². The van der Waals surface area contributed by atoms with E-state index in [2.05, 4.69) is 20.4 Å². The molecule has 6 heteroatoms. The summed E-state index contributed by atoms with van der Waals surface area (Å²) < 4.78 is 5.36. The number of ether oxygens (including phenoxy) is 1. The lowest BCUT2D eigenvalue weighted by Crippen LogP contribution is -2.41. The van der Waals surface area contributed by atoms with Crippen molar-refractivity contribution < 1.29 is 9.53 Å². The number of carbonyl (C=O) groups is 1. The van der Waals surface area contributed by atoms with Crippen molar-refractivity contribution in [3.8, 4) is 11.3 Å². The maximum Gasteiger partial charge on any atom is 0.252 e. The third-order valence-electron chi connectivity index (χ3n) is 5.30. The second kappa shape index (κ2) is 8.01. The van der Waals surface area contributed by atoms with Crippen LogP contribution in [0.15, 0.2) is 24.3 Å². The summed E-state index contributed by atoms with van der Waals surface area (Å²) in [6.07, 6.45) is 4.48. The largest absolute Gasteiger partial charge is 0.379 e. The standard InChI is InChI=1S/C20H26N4O2/c25-20(21-9-10-24-11-13-26-14-12-24)16-6-2-1-5-15(16)19-17-7-3-4-8-18(17)22-23-19/h1-2,5-6H,3-4,7-14H2,(H,21,25)(H,22,23). The van der Waals surface area contributed by atoms with Crippen molar-refractivity contribution in [2.24, 2.45) is 0 Å². The number of hydrogen-bond donors (Lipinski definition) is 2. The van der Waals surface area contributed by atoms with E-state index in [0.29, 0.717) is 12.1 Å². The molecule has 1 aliphatic carbocycles. The van der Waals surface area contributed by atoms with Crippen LogP contribution in [0.4, 0.5) is 0 Å². The molecule has 4 rings (SSSR count). The molecule has 2 aliphatic rings. The number of aromatic amines is 1. The molecule has 1 aromatic carbocycles. The van der Waals surface area contributed by atoms with Crippen LogP contribution in [0.5, 0.6) is 0 Å². The summed E-state index contributed by atoms with van der Waals surface area (Å²) in [5.74, 6) is -0.0265. The van der Waals surface area contributed by atoms with Crippen molar-refractivity contribution >= 4 is 5.91 Å². The highest BCUT2D eigenvalue weighted by Gasteiger charge is 2.21. The Labute approximate surface area is 153 Å². The first kappa shape index (κ1) is 17.2. The molecule has 0 spiro atoms. The number of hydrogen-bond acceptors (Lipinski definition) is 4. The van der Waals surface area contributed by atoms with E-state index >= 15 is 0 Å². The molecule has 2 heterocycles. The van der Waals surface area contributed by atoms with Gasteiger partial charge in [0.2, 0.25) is 0 Å². The Kier molecular flexibility index (Phi) is 5.32. The molecule has 1 saturated heterocycles. The minimum Gasteiger partial charge on any atom is -0.379 e. The van der Waals surface area contributed by atoms with E-state index in [-0.39, 0.29) is 5.91 Å².